The molecule has 148 valence electrons. The lowest BCUT2D eigenvalue weighted by atomic mass is 10.1. The Labute approximate surface area is 161 Å². The van der Waals surface area contributed by atoms with E-state index in [4.69, 9.17) is 23.2 Å². The van der Waals surface area contributed by atoms with Crippen LogP contribution < -0.4 is 19.5 Å². The van der Waals surface area contributed by atoms with Crippen molar-refractivity contribution in [2.45, 2.75) is 19.4 Å². The number of carbonyl (C=O) groups excluding carboxylic acids is 1. The molecule has 28 heavy (non-hydrogen) atoms. The maximum Gasteiger partial charge on any atom is 0.227 e. The first-order valence-corrected chi connectivity index (χ1v) is 8.56. The number of ether oxygens (including phenoxy) is 3. The van der Waals surface area contributed by atoms with Crippen LogP contribution in [0.5, 0.6) is 17.2 Å². The Morgan fingerprint density at radius 1 is 1.14 bits per heavy atom. The van der Waals surface area contributed by atoms with Gasteiger partial charge >= 0.3 is 0 Å². The fourth-order valence-electron chi connectivity index (χ4n) is 2.59. The molecule has 3 aromatic rings. The lowest BCUT2D eigenvalue weighted by molar-refractivity contribution is -0.121. The summed E-state index contributed by atoms with van der Waals surface area (Å²) in [4.78, 5) is 16.3. The maximum atomic E-state index is 11.9. The highest BCUT2D eigenvalue weighted by Gasteiger charge is 2.17. The van der Waals surface area contributed by atoms with Gasteiger partial charge in [0.25, 0.3) is 0 Å². The number of aromatic nitrogens is 2. The van der Waals surface area contributed by atoms with Crippen molar-refractivity contribution in [3.8, 4) is 28.6 Å². The summed E-state index contributed by atoms with van der Waals surface area (Å²) in [6.45, 7) is 0.340. The van der Waals surface area contributed by atoms with E-state index in [0.29, 0.717) is 53.3 Å². The van der Waals surface area contributed by atoms with Gasteiger partial charge in [-0.15, -0.1) is 0 Å². The van der Waals surface area contributed by atoms with E-state index in [0.717, 1.165) is 0 Å². The number of aryl methyl sites for hydroxylation is 1. The normalized spacial score (nSPS) is 10.5. The summed E-state index contributed by atoms with van der Waals surface area (Å²) >= 11 is 0. The van der Waals surface area contributed by atoms with Gasteiger partial charge in [-0.25, -0.2) is 0 Å². The molecular formula is C19H21N3O6. The molecule has 1 amide bonds. The second-order valence-electron chi connectivity index (χ2n) is 5.78. The highest BCUT2D eigenvalue weighted by atomic mass is 16.5. The van der Waals surface area contributed by atoms with Gasteiger partial charge in [0.1, 0.15) is 5.76 Å². The van der Waals surface area contributed by atoms with E-state index in [-0.39, 0.29) is 12.3 Å². The van der Waals surface area contributed by atoms with E-state index in [9.17, 15) is 4.79 Å². The van der Waals surface area contributed by atoms with Crippen LogP contribution in [0, 0.1) is 0 Å². The molecule has 0 spiro atoms. The fraction of sp³-hybridized carbons (Fsp3) is 0.316. The van der Waals surface area contributed by atoms with E-state index in [1.807, 2.05) is 0 Å². The Bertz CT molecular complexity index is 895. The predicted molar refractivity (Wildman–Crippen MR) is 98.3 cm³/mol. The Kier molecular flexibility index (Phi) is 6.15. The fourth-order valence-corrected chi connectivity index (χ4v) is 2.59. The molecule has 0 atom stereocenters. The predicted octanol–water partition coefficient (Wildman–Crippen LogP) is 2.60. The van der Waals surface area contributed by atoms with E-state index in [1.165, 1.54) is 21.3 Å². The Hall–Kier alpha value is -3.49. The average molecular weight is 387 g/mol. The second-order valence-corrected chi connectivity index (χ2v) is 5.78. The van der Waals surface area contributed by atoms with Crippen LogP contribution in [0.3, 0.4) is 0 Å². The van der Waals surface area contributed by atoms with Crippen molar-refractivity contribution in [1.29, 1.82) is 0 Å². The van der Waals surface area contributed by atoms with Crippen molar-refractivity contribution < 1.29 is 27.9 Å². The highest BCUT2D eigenvalue weighted by molar-refractivity contribution is 5.76. The summed E-state index contributed by atoms with van der Waals surface area (Å²) < 4.78 is 26.4. The third kappa shape index (κ3) is 4.43. The number of nitrogens with zero attached hydrogens (tertiary/aromatic N) is 2. The highest BCUT2D eigenvalue weighted by Crippen LogP contribution is 2.40. The van der Waals surface area contributed by atoms with E-state index in [1.54, 1.807) is 30.5 Å². The van der Waals surface area contributed by atoms with Crippen molar-refractivity contribution >= 4 is 5.91 Å². The third-order valence-corrected chi connectivity index (χ3v) is 4.00. The van der Waals surface area contributed by atoms with E-state index in [2.05, 4.69) is 15.5 Å². The molecule has 0 fully saturated rings. The third-order valence-electron chi connectivity index (χ3n) is 4.00. The zero-order valence-electron chi connectivity index (χ0n) is 15.9. The monoisotopic (exact) mass is 387 g/mol. The van der Waals surface area contributed by atoms with Gasteiger partial charge in [0.05, 0.1) is 34.1 Å². The molecule has 9 nitrogen and oxygen atoms in total. The van der Waals surface area contributed by atoms with Crippen LogP contribution in [-0.2, 0) is 17.8 Å². The number of hydrogen-bond donors (Lipinski definition) is 1. The van der Waals surface area contributed by atoms with Crippen LogP contribution in [-0.4, -0.2) is 37.4 Å². The summed E-state index contributed by atoms with van der Waals surface area (Å²) in [6, 6.07) is 7.02. The lowest BCUT2D eigenvalue weighted by Crippen LogP contribution is -2.22. The van der Waals surface area contributed by atoms with Crippen LogP contribution in [0.1, 0.15) is 18.1 Å². The molecular weight excluding hydrogens is 366 g/mol. The minimum Gasteiger partial charge on any atom is -0.493 e. The number of hydrogen-bond acceptors (Lipinski definition) is 8. The lowest BCUT2D eigenvalue weighted by Gasteiger charge is -2.12. The molecule has 9 heteroatoms. The van der Waals surface area contributed by atoms with Crippen molar-refractivity contribution in [2.75, 3.05) is 21.3 Å². The van der Waals surface area contributed by atoms with Gasteiger partial charge in [-0.2, -0.15) is 4.98 Å². The van der Waals surface area contributed by atoms with Gasteiger partial charge in [0, 0.05) is 18.4 Å². The molecule has 1 aromatic carbocycles. The molecule has 0 radical (unpaired) electrons. The van der Waals surface area contributed by atoms with Gasteiger partial charge in [-0.1, -0.05) is 5.16 Å². The molecule has 0 aliphatic rings. The topological polar surface area (TPSA) is 109 Å². The molecule has 0 bridgehead atoms. The molecule has 2 heterocycles. The second kappa shape index (κ2) is 8.94. The quantitative estimate of drug-likeness (QED) is 0.597. The van der Waals surface area contributed by atoms with Crippen LogP contribution in [0.2, 0.25) is 0 Å². The standard InChI is InChI=1S/C19H21N3O6/c1-24-14-9-12(10-15(25-2)18(14)26-3)19-21-17(28-22-19)7-6-16(23)20-11-13-5-4-8-27-13/h4-5,8-10H,6-7,11H2,1-3H3,(H,20,23). The van der Waals surface area contributed by atoms with E-state index < -0.39 is 0 Å². The van der Waals surface area contributed by atoms with Crippen molar-refractivity contribution in [3.63, 3.8) is 0 Å². The molecule has 0 unspecified atom stereocenters. The smallest absolute Gasteiger partial charge is 0.227 e. The maximum absolute atomic E-state index is 11.9. The number of amides is 1. The van der Waals surface area contributed by atoms with Crippen LogP contribution >= 0.6 is 0 Å². The Morgan fingerprint density at radius 3 is 2.50 bits per heavy atom. The Morgan fingerprint density at radius 2 is 1.89 bits per heavy atom. The summed E-state index contributed by atoms with van der Waals surface area (Å²) in [7, 11) is 4.59. The molecule has 0 saturated carbocycles. The number of methoxy groups -OCH3 is 3. The first-order chi connectivity index (χ1) is 13.6. The largest absolute Gasteiger partial charge is 0.493 e. The van der Waals surface area contributed by atoms with Crippen molar-refractivity contribution in [3.05, 3.63) is 42.2 Å². The Balaban J connectivity index is 1.64. The van der Waals surface area contributed by atoms with Gasteiger partial charge in [0.2, 0.25) is 23.4 Å². The number of carbonyl (C=O) groups is 1. The molecule has 3 rings (SSSR count). The van der Waals surface area contributed by atoms with Crippen LogP contribution in [0.4, 0.5) is 0 Å². The molecule has 0 aliphatic carbocycles. The van der Waals surface area contributed by atoms with Gasteiger partial charge < -0.3 is 28.5 Å². The first-order valence-electron chi connectivity index (χ1n) is 8.56. The van der Waals surface area contributed by atoms with Crippen molar-refractivity contribution in [1.82, 2.24) is 15.5 Å². The van der Waals surface area contributed by atoms with Gasteiger partial charge in [-0.3, -0.25) is 4.79 Å². The summed E-state index contributed by atoms with van der Waals surface area (Å²) in [5.74, 6) is 2.73. The summed E-state index contributed by atoms with van der Waals surface area (Å²) in [5, 5.41) is 6.74. The molecule has 1 N–H and O–H groups in total. The zero-order chi connectivity index (χ0) is 19.9. The number of benzene rings is 1. The molecule has 2 aromatic heterocycles. The van der Waals surface area contributed by atoms with E-state index >= 15 is 0 Å². The SMILES string of the molecule is COc1cc(-c2noc(CCC(=O)NCc3ccco3)n2)cc(OC)c1OC. The van der Waals surface area contributed by atoms with Gasteiger partial charge in [0.15, 0.2) is 11.5 Å². The molecule has 0 saturated heterocycles. The van der Waals surface area contributed by atoms with Crippen LogP contribution in [0.25, 0.3) is 11.4 Å². The number of nitrogens with one attached hydrogen (secondary N) is 1. The average Bonchev–Trinajstić information content (AvgIpc) is 3.41. The van der Waals surface area contributed by atoms with Crippen molar-refractivity contribution in [2.24, 2.45) is 0 Å². The minimum absolute atomic E-state index is 0.135. The zero-order valence-corrected chi connectivity index (χ0v) is 15.9. The molecule has 0 aliphatic heterocycles. The minimum atomic E-state index is -0.135. The van der Waals surface area contributed by atoms with Gasteiger partial charge in [-0.05, 0) is 24.3 Å². The van der Waals surface area contributed by atoms with Crippen LogP contribution in [0.15, 0.2) is 39.5 Å². The number of rotatable bonds is 9. The first kappa shape index (κ1) is 19.3. The number of furan rings is 1. The summed E-state index contributed by atoms with van der Waals surface area (Å²) in [5.41, 5.74) is 0.645. The summed E-state index contributed by atoms with van der Waals surface area (Å²) in [6.07, 6.45) is 2.10.